The highest BCUT2D eigenvalue weighted by Gasteiger charge is 1.80. The molecule has 0 aliphatic heterocycles. The largest absolute Gasteiger partial charge is 0.255 e. The number of benzene rings is 2. The maximum atomic E-state index is 8.29. The second-order valence-corrected chi connectivity index (χ2v) is 2.96. The molecule has 0 heterocycles. The van der Waals surface area contributed by atoms with E-state index in [0.29, 0.717) is 11.1 Å². The second-order valence-electron chi connectivity index (χ2n) is 2.96. The molecule has 0 amide bonds. The molecule has 0 radical (unpaired) electrons. The zero-order valence-corrected chi connectivity index (χ0v) is 9.56. The molecule has 0 aliphatic rings. The summed E-state index contributed by atoms with van der Waals surface area (Å²) in [5.41, 5.74) is 1.43. The van der Waals surface area contributed by atoms with Gasteiger partial charge in [-0.05, 0) is 24.3 Å². The molecular formula is C14H12N2O2. The third-order valence-electron chi connectivity index (χ3n) is 1.81. The minimum Gasteiger partial charge on any atom is -0.255 e. The number of hydrogen-bond acceptors (Lipinski definition) is 4. The van der Waals surface area contributed by atoms with E-state index < -0.39 is 0 Å². The molecule has 0 atom stereocenters. The molecule has 2 aromatic rings. The van der Waals surface area contributed by atoms with Gasteiger partial charge in [0.05, 0.1) is 23.3 Å². The SMILES string of the molecule is N#Cc1ccccc1.N#Cc1ccccc1.OO. The van der Waals surface area contributed by atoms with E-state index in [0.717, 1.165) is 0 Å². The zero-order valence-electron chi connectivity index (χ0n) is 9.56. The van der Waals surface area contributed by atoms with Crippen LogP contribution in [0.25, 0.3) is 0 Å². The van der Waals surface area contributed by atoms with Crippen LogP contribution >= 0.6 is 0 Å². The minimum absolute atomic E-state index is 0.715. The highest BCUT2D eigenvalue weighted by Crippen LogP contribution is 1.93. The van der Waals surface area contributed by atoms with Gasteiger partial charge in [-0.2, -0.15) is 10.5 Å². The summed E-state index contributed by atoms with van der Waals surface area (Å²) < 4.78 is 0. The first kappa shape index (κ1) is 15.3. The van der Waals surface area contributed by atoms with Crippen LogP contribution in [0.15, 0.2) is 60.7 Å². The Balaban J connectivity index is 0.000000283. The van der Waals surface area contributed by atoms with Gasteiger partial charge >= 0.3 is 0 Å². The highest BCUT2D eigenvalue weighted by molar-refractivity contribution is 5.27. The molecule has 4 nitrogen and oxygen atoms in total. The van der Waals surface area contributed by atoms with Crippen LogP contribution < -0.4 is 0 Å². The molecule has 0 fully saturated rings. The lowest BCUT2D eigenvalue weighted by molar-refractivity contribution is -0.176. The molecule has 90 valence electrons. The smallest absolute Gasteiger partial charge is 0.0991 e. The van der Waals surface area contributed by atoms with Crippen molar-refractivity contribution in [3.05, 3.63) is 71.8 Å². The molecule has 0 spiro atoms. The van der Waals surface area contributed by atoms with Gasteiger partial charge in [0.15, 0.2) is 0 Å². The van der Waals surface area contributed by atoms with Crippen molar-refractivity contribution in [1.82, 2.24) is 0 Å². The van der Waals surface area contributed by atoms with Gasteiger partial charge in [-0.1, -0.05) is 36.4 Å². The fourth-order valence-corrected chi connectivity index (χ4v) is 1.03. The van der Waals surface area contributed by atoms with Gasteiger partial charge in [-0.25, -0.2) is 0 Å². The lowest BCUT2D eigenvalue weighted by atomic mass is 10.2. The van der Waals surface area contributed by atoms with E-state index in [-0.39, 0.29) is 0 Å². The monoisotopic (exact) mass is 240 g/mol. The summed E-state index contributed by atoms with van der Waals surface area (Å²) in [6, 6.07) is 22.3. The van der Waals surface area contributed by atoms with Crippen molar-refractivity contribution in [2.75, 3.05) is 0 Å². The van der Waals surface area contributed by atoms with Crippen LogP contribution in [0, 0.1) is 22.7 Å². The summed E-state index contributed by atoms with van der Waals surface area (Å²) in [7, 11) is 0. The van der Waals surface area contributed by atoms with E-state index in [4.69, 9.17) is 21.0 Å². The topological polar surface area (TPSA) is 88.0 Å². The van der Waals surface area contributed by atoms with Crippen LogP contribution in [0.4, 0.5) is 0 Å². The fraction of sp³-hybridized carbons (Fsp3) is 0. The maximum absolute atomic E-state index is 8.29. The molecule has 2 rings (SSSR count). The Bertz CT molecular complexity index is 449. The van der Waals surface area contributed by atoms with Gasteiger partial charge in [0.1, 0.15) is 0 Å². The Morgan fingerprint density at radius 2 is 0.889 bits per heavy atom. The van der Waals surface area contributed by atoms with Gasteiger partial charge in [0.25, 0.3) is 0 Å². The first-order valence-electron chi connectivity index (χ1n) is 4.97. The zero-order chi connectivity index (χ0) is 13.6. The molecule has 2 aromatic carbocycles. The minimum atomic E-state index is 0.715. The lowest BCUT2D eigenvalue weighted by Gasteiger charge is -1.80. The normalized spacial score (nSPS) is 7.33. The quantitative estimate of drug-likeness (QED) is 0.547. The summed E-state index contributed by atoms with van der Waals surface area (Å²) in [5, 5.41) is 28.6. The van der Waals surface area contributed by atoms with Crippen molar-refractivity contribution in [3.8, 4) is 12.1 Å². The van der Waals surface area contributed by atoms with Crippen molar-refractivity contribution in [1.29, 1.82) is 10.5 Å². The Labute approximate surface area is 106 Å². The van der Waals surface area contributed by atoms with Crippen LogP contribution in [-0.2, 0) is 0 Å². The number of nitriles is 2. The van der Waals surface area contributed by atoms with Gasteiger partial charge in [0.2, 0.25) is 0 Å². The van der Waals surface area contributed by atoms with Gasteiger partial charge in [-0.3, -0.25) is 10.5 Å². The Morgan fingerprint density at radius 1 is 0.611 bits per heavy atom. The molecule has 0 bridgehead atoms. The van der Waals surface area contributed by atoms with E-state index in [2.05, 4.69) is 0 Å². The predicted molar refractivity (Wildman–Crippen MR) is 67.6 cm³/mol. The van der Waals surface area contributed by atoms with E-state index in [9.17, 15) is 0 Å². The van der Waals surface area contributed by atoms with Crippen LogP contribution in [-0.4, -0.2) is 10.5 Å². The molecule has 18 heavy (non-hydrogen) atoms. The lowest BCUT2D eigenvalue weighted by Crippen LogP contribution is -1.66. The first-order chi connectivity index (χ1) is 8.86. The molecule has 2 N–H and O–H groups in total. The van der Waals surface area contributed by atoms with Crippen molar-refractivity contribution < 1.29 is 10.5 Å². The van der Waals surface area contributed by atoms with E-state index in [1.807, 2.05) is 48.5 Å². The summed E-state index contributed by atoms with van der Waals surface area (Å²) in [6.07, 6.45) is 0. The van der Waals surface area contributed by atoms with E-state index in [1.54, 1.807) is 24.3 Å². The summed E-state index contributed by atoms with van der Waals surface area (Å²) in [6.45, 7) is 0. The maximum Gasteiger partial charge on any atom is 0.0991 e. The number of hydrogen-bond donors (Lipinski definition) is 2. The average Bonchev–Trinajstić information content (AvgIpc) is 2.51. The number of nitrogens with zero attached hydrogens (tertiary/aromatic N) is 2. The standard InChI is InChI=1S/2C7H5N.H2O2/c2*8-6-7-4-2-1-3-5-7;1-2/h2*1-5H;1-2H. The van der Waals surface area contributed by atoms with Crippen molar-refractivity contribution in [3.63, 3.8) is 0 Å². The number of rotatable bonds is 0. The van der Waals surface area contributed by atoms with Gasteiger partial charge < -0.3 is 0 Å². The Morgan fingerprint density at radius 3 is 1.06 bits per heavy atom. The average molecular weight is 240 g/mol. The summed E-state index contributed by atoms with van der Waals surface area (Å²) in [5.74, 6) is 0. The molecule has 0 aromatic heterocycles. The second kappa shape index (κ2) is 10.8. The van der Waals surface area contributed by atoms with Gasteiger partial charge in [-0.15, -0.1) is 0 Å². The van der Waals surface area contributed by atoms with Crippen molar-refractivity contribution >= 4 is 0 Å². The molecule has 0 saturated carbocycles. The van der Waals surface area contributed by atoms with E-state index >= 15 is 0 Å². The van der Waals surface area contributed by atoms with Crippen LogP contribution in [0.2, 0.25) is 0 Å². The third-order valence-corrected chi connectivity index (χ3v) is 1.81. The third kappa shape index (κ3) is 6.76. The molecular weight excluding hydrogens is 228 g/mol. The summed E-state index contributed by atoms with van der Waals surface area (Å²) in [4.78, 5) is 0. The highest BCUT2D eigenvalue weighted by atomic mass is 17.0. The first-order valence-corrected chi connectivity index (χ1v) is 4.97. The van der Waals surface area contributed by atoms with Crippen molar-refractivity contribution in [2.45, 2.75) is 0 Å². The molecule has 0 saturated heterocycles. The Hall–Kier alpha value is -2.66. The Kier molecular flexibility index (Phi) is 9.24. The van der Waals surface area contributed by atoms with Crippen molar-refractivity contribution in [2.24, 2.45) is 0 Å². The van der Waals surface area contributed by atoms with Gasteiger partial charge in [0, 0.05) is 0 Å². The fourth-order valence-electron chi connectivity index (χ4n) is 1.03. The van der Waals surface area contributed by atoms with Crippen LogP contribution in [0.3, 0.4) is 0 Å². The summed E-state index contributed by atoms with van der Waals surface area (Å²) >= 11 is 0. The molecule has 0 aliphatic carbocycles. The predicted octanol–water partition coefficient (Wildman–Crippen LogP) is 3.13. The van der Waals surface area contributed by atoms with Crippen LogP contribution in [0.1, 0.15) is 11.1 Å². The van der Waals surface area contributed by atoms with E-state index in [1.165, 1.54) is 0 Å². The molecule has 0 unspecified atom stereocenters. The molecule has 4 heteroatoms. The van der Waals surface area contributed by atoms with Crippen LogP contribution in [0.5, 0.6) is 0 Å².